The Morgan fingerprint density at radius 1 is 1.44 bits per heavy atom. The van der Waals surface area contributed by atoms with Crippen LogP contribution in [0, 0.1) is 0 Å². The number of ether oxygens (including phenoxy) is 1. The quantitative estimate of drug-likeness (QED) is 0.872. The van der Waals surface area contributed by atoms with Crippen LogP contribution in [0.4, 0.5) is 8.78 Å². The minimum atomic E-state index is -3.09. The fourth-order valence-electron chi connectivity index (χ4n) is 1.91. The van der Waals surface area contributed by atoms with E-state index in [0.717, 1.165) is 27.8 Å². The summed E-state index contributed by atoms with van der Waals surface area (Å²) in [5, 5.41) is 11.1. The summed E-state index contributed by atoms with van der Waals surface area (Å²) in [5.41, 5.74) is 1.95. The summed E-state index contributed by atoms with van der Waals surface area (Å²) < 4.78 is 32.1. The largest absolute Gasteiger partial charge is 0.493 e. The van der Waals surface area contributed by atoms with Gasteiger partial charge in [0.25, 0.3) is 5.92 Å². The lowest BCUT2D eigenvalue weighted by Crippen LogP contribution is -2.35. The second kappa shape index (κ2) is 5.50. The Bertz CT molecular complexity index is 440. The standard InChI is InChI=1S/C12H14BrF2NO2/c13-10-3-8-1-2-18-11(8)9(4-10)5-16-6-12(14,15)7-17/h3-4,16-17H,1-2,5-7H2. The molecule has 0 saturated heterocycles. The van der Waals surface area contributed by atoms with Crippen LogP contribution in [0.1, 0.15) is 11.1 Å². The van der Waals surface area contributed by atoms with Crippen molar-refractivity contribution in [1.82, 2.24) is 5.32 Å². The first-order valence-electron chi connectivity index (χ1n) is 5.65. The highest BCUT2D eigenvalue weighted by atomic mass is 79.9. The normalized spacial score (nSPS) is 14.4. The summed E-state index contributed by atoms with van der Waals surface area (Å²) in [5.74, 6) is -2.30. The van der Waals surface area contributed by atoms with Gasteiger partial charge < -0.3 is 15.2 Å². The van der Waals surface area contributed by atoms with Crippen LogP contribution in [0.5, 0.6) is 5.75 Å². The maximum absolute atomic E-state index is 12.9. The SMILES string of the molecule is OCC(F)(F)CNCc1cc(Br)cc2c1OCC2. The van der Waals surface area contributed by atoms with Crippen LogP contribution in [0.25, 0.3) is 0 Å². The van der Waals surface area contributed by atoms with Crippen molar-refractivity contribution < 1.29 is 18.6 Å². The van der Waals surface area contributed by atoms with Gasteiger partial charge in [-0.3, -0.25) is 0 Å². The Balaban J connectivity index is 2.02. The van der Waals surface area contributed by atoms with Crippen molar-refractivity contribution in [2.75, 3.05) is 19.8 Å². The van der Waals surface area contributed by atoms with Gasteiger partial charge in [-0.25, -0.2) is 8.78 Å². The summed E-state index contributed by atoms with van der Waals surface area (Å²) in [4.78, 5) is 0. The van der Waals surface area contributed by atoms with Crippen LogP contribution in [-0.2, 0) is 13.0 Å². The highest BCUT2D eigenvalue weighted by molar-refractivity contribution is 9.10. The lowest BCUT2D eigenvalue weighted by Gasteiger charge is -2.15. The molecule has 0 fully saturated rings. The highest BCUT2D eigenvalue weighted by Gasteiger charge is 2.27. The third kappa shape index (κ3) is 3.18. The zero-order chi connectivity index (χ0) is 13.2. The van der Waals surface area contributed by atoms with Gasteiger partial charge in [0.1, 0.15) is 12.4 Å². The zero-order valence-electron chi connectivity index (χ0n) is 9.68. The molecule has 0 unspecified atom stereocenters. The highest BCUT2D eigenvalue weighted by Crippen LogP contribution is 2.32. The maximum atomic E-state index is 12.9. The van der Waals surface area contributed by atoms with Gasteiger partial charge in [-0.05, 0) is 17.7 Å². The molecule has 1 aliphatic rings. The summed E-state index contributed by atoms with van der Waals surface area (Å²) in [6.45, 7) is -0.777. The van der Waals surface area contributed by atoms with Crippen molar-refractivity contribution in [3.8, 4) is 5.75 Å². The average molecular weight is 322 g/mol. The molecule has 2 N–H and O–H groups in total. The summed E-state index contributed by atoms with van der Waals surface area (Å²) in [7, 11) is 0. The molecule has 6 heteroatoms. The van der Waals surface area contributed by atoms with E-state index in [1.54, 1.807) is 0 Å². The first-order chi connectivity index (χ1) is 8.52. The van der Waals surface area contributed by atoms with E-state index in [9.17, 15) is 8.78 Å². The number of nitrogens with one attached hydrogen (secondary N) is 1. The number of hydrogen-bond donors (Lipinski definition) is 2. The summed E-state index contributed by atoms with van der Waals surface area (Å²) in [6.07, 6.45) is 0.842. The van der Waals surface area contributed by atoms with E-state index < -0.39 is 19.1 Å². The van der Waals surface area contributed by atoms with Gasteiger partial charge in [0.2, 0.25) is 0 Å². The van der Waals surface area contributed by atoms with E-state index in [2.05, 4.69) is 21.2 Å². The van der Waals surface area contributed by atoms with E-state index in [1.165, 1.54) is 0 Å². The van der Waals surface area contributed by atoms with Crippen LogP contribution in [0.15, 0.2) is 16.6 Å². The van der Waals surface area contributed by atoms with Crippen molar-refractivity contribution >= 4 is 15.9 Å². The molecule has 1 heterocycles. The number of alkyl halides is 2. The molecule has 0 aromatic heterocycles. The van der Waals surface area contributed by atoms with Crippen molar-refractivity contribution in [3.63, 3.8) is 0 Å². The third-order valence-corrected chi connectivity index (χ3v) is 3.21. The van der Waals surface area contributed by atoms with E-state index in [-0.39, 0.29) is 6.54 Å². The molecule has 1 aromatic carbocycles. The molecular weight excluding hydrogens is 308 g/mol. The molecule has 0 aliphatic carbocycles. The molecule has 18 heavy (non-hydrogen) atoms. The number of aliphatic hydroxyl groups excluding tert-OH is 1. The molecule has 0 saturated carbocycles. The van der Waals surface area contributed by atoms with Crippen LogP contribution in [-0.4, -0.2) is 30.8 Å². The average Bonchev–Trinajstić information content (AvgIpc) is 2.76. The molecule has 0 bridgehead atoms. The van der Waals surface area contributed by atoms with Crippen molar-refractivity contribution in [2.45, 2.75) is 18.9 Å². The topological polar surface area (TPSA) is 41.5 Å². The molecule has 0 spiro atoms. The predicted molar refractivity (Wildman–Crippen MR) is 67.1 cm³/mol. The lowest BCUT2D eigenvalue weighted by atomic mass is 10.1. The molecule has 0 amide bonds. The van der Waals surface area contributed by atoms with Gasteiger partial charge in [0.05, 0.1) is 13.2 Å². The van der Waals surface area contributed by atoms with Crippen LogP contribution < -0.4 is 10.1 Å². The van der Waals surface area contributed by atoms with Crippen molar-refractivity contribution in [3.05, 3.63) is 27.7 Å². The van der Waals surface area contributed by atoms with Crippen molar-refractivity contribution in [1.29, 1.82) is 0 Å². The van der Waals surface area contributed by atoms with Gasteiger partial charge in [-0.2, -0.15) is 0 Å². The van der Waals surface area contributed by atoms with Gasteiger partial charge in [0, 0.05) is 23.0 Å². The fraction of sp³-hybridized carbons (Fsp3) is 0.500. The molecule has 100 valence electrons. The van der Waals surface area contributed by atoms with Crippen LogP contribution in [0.2, 0.25) is 0 Å². The Labute approximate surface area is 112 Å². The van der Waals surface area contributed by atoms with E-state index in [1.807, 2.05) is 12.1 Å². The number of hydrogen-bond acceptors (Lipinski definition) is 3. The number of benzene rings is 1. The van der Waals surface area contributed by atoms with E-state index >= 15 is 0 Å². The summed E-state index contributed by atoms with van der Waals surface area (Å²) in [6, 6.07) is 3.84. The predicted octanol–water partition coefficient (Wildman–Crippen LogP) is 2.10. The first kappa shape index (κ1) is 13.7. The molecule has 2 rings (SSSR count). The minimum absolute atomic E-state index is 0.289. The number of rotatable bonds is 5. The smallest absolute Gasteiger partial charge is 0.282 e. The van der Waals surface area contributed by atoms with Crippen LogP contribution >= 0.6 is 15.9 Å². The van der Waals surface area contributed by atoms with Gasteiger partial charge in [-0.15, -0.1) is 0 Å². The molecule has 0 radical (unpaired) electrons. The second-order valence-corrected chi connectivity index (χ2v) is 5.18. The number of aliphatic hydroxyl groups is 1. The summed E-state index contributed by atoms with van der Waals surface area (Å²) >= 11 is 3.39. The van der Waals surface area contributed by atoms with E-state index in [4.69, 9.17) is 9.84 Å². The lowest BCUT2D eigenvalue weighted by molar-refractivity contribution is -0.0478. The van der Waals surface area contributed by atoms with Gasteiger partial charge >= 0.3 is 0 Å². The Hall–Kier alpha value is -0.720. The Morgan fingerprint density at radius 3 is 2.94 bits per heavy atom. The second-order valence-electron chi connectivity index (χ2n) is 4.27. The Kier molecular flexibility index (Phi) is 4.19. The van der Waals surface area contributed by atoms with Gasteiger partial charge in [-0.1, -0.05) is 15.9 Å². The van der Waals surface area contributed by atoms with Crippen molar-refractivity contribution in [2.24, 2.45) is 0 Å². The third-order valence-electron chi connectivity index (χ3n) is 2.76. The monoisotopic (exact) mass is 321 g/mol. The molecule has 1 aliphatic heterocycles. The minimum Gasteiger partial charge on any atom is -0.493 e. The molecule has 1 aromatic rings. The zero-order valence-corrected chi connectivity index (χ0v) is 11.3. The van der Waals surface area contributed by atoms with Gasteiger partial charge in [0.15, 0.2) is 0 Å². The first-order valence-corrected chi connectivity index (χ1v) is 6.44. The molecule has 0 atom stereocenters. The Morgan fingerprint density at radius 2 is 2.22 bits per heavy atom. The molecular formula is C12H14BrF2NO2. The van der Waals surface area contributed by atoms with Crippen LogP contribution in [0.3, 0.4) is 0 Å². The molecule has 3 nitrogen and oxygen atoms in total. The van der Waals surface area contributed by atoms with E-state index in [0.29, 0.717) is 6.61 Å². The maximum Gasteiger partial charge on any atom is 0.282 e. The number of fused-ring (bicyclic) bond motifs is 1. The fourth-order valence-corrected chi connectivity index (χ4v) is 2.47. The number of halogens is 3.